The van der Waals surface area contributed by atoms with E-state index in [1.54, 1.807) is 10.4 Å². The molecule has 142 valence electrons. The van der Waals surface area contributed by atoms with Crippen LogP contribution in [0.1, 0.15) is 44.1 Å². The van der Waals surface area contributed by atoms with Crippen molar-refractivity contribution in [3.8, 4) is 11.5 Å². The number of carbonyl (C=O) groups excluding carboxylic acids is 2. The number of amides is 2. The number of hydroxylamine groups is 1. The summed E-state index contributed by atoms with van der Waals surface area (Å²) >= 11 is 0. The minimum Gasteiger partial charge on any atom is -0.455 e. The highest BCUT2D eigenvalue weighted by atomic mass is 16.5. The van der Waals surface area contributed by atoms with Gasteiger partial charge >= 0.3 is 0 Å². The SMILES string of the molecule is O=C(CCCCCCC(=O)N1Cc2ccccc2Oc2ccccc21)NO. The highest BCUT2D eigenvalue weighted by molar-refractivity contribution is 5.95. The summed E-state index contributed by atoms with van der Waals surface area (Å²) in [5, 5.41) is 8.47. The van der Waals surface area contributed by atoms with Crippen LogP contribution in [0, 0.1) is 0 Å². The maximum absolute atomic E-state index is 12.9. The predicted molar refractivity (Wildman–Crippen MR) is 102 cm³/mol. The van der Waals surface area contributed by atoms with Gasteiger partial charge in [-0.25, -0.2) is 5.48 Å². The van der Waals surface area contributed by atoms with Crippen LogP contribution in [-0.4, -0.2) is 17.0 Å². The lowest BCUT2D eigenvalue weighted by atomic mass is 10.1. The Kier molecular flexibility index (Phi) is 6.44. The zero-order valence-electron chi connectivity index (χ0n) is 15.2. The van der Waals surface area contributed by atoms with E-state index < -0.39 is 0 Å². The normalized spacial score (nSPS) is 12.4. The van der Waals surface area contributed by atoms with Gasteiger partial charge in [-0.05, 0) is 31.0 Å². The lowest BCUT2D eigenvalue weighted by Gasteiger charge is -2.22. The summed E-state index contributed by atoms with van der Waals surface area (Å²) in [4.78, 5) is 25.7. The van der Waals surface area contributed by atoms with Crippen molar-refractivity contribution in [3.05, 3.63) is 54.1 Å². The fourth-order valence-electron chi connectivity index (χ4n) is 3.20. The van der Waals surface area contributed by atoms with Crippen molar-refractivity contribution in [1.82, 2.24) is 5.48 Å². The Labute approximate surface area is 158 Å². The van der Waals surface area contributed by atoms with E-state index in [9.17, 15) is 9.59 Å². The lowest BCUT2D eigenvalue weighted by Crippen LogP contribution is -2.29. The summed E-state index contributed by atoms with van der Waals surface area (Å²) < 4.78 is 6.02. The van der Waals surface area contributed by atoms with Crippen LogP contribution < -0.4 is 15.1 Å². The number of anilines is 1. The highest BCUT2D eigenvalue weighted by Gasteiger charge is 2.24. The summed E-state index contributed by atoms with van der Waals surface area (Å²) in [7, 11) is 0. The molecule has 0 unspecified atom stereocenters. The van der Waals surface area contributed by atoms with Crippen LogP contribution >= 0.6 is 0 Å². The molecule has 1 aliphatic heterocycles. The van der Waals surface area contributed by atoms with Crippen LogP contribution in [0.3, 0.4) is 0 Å². The van der Waals surface area contributed by atoms with Gasteiger partial charge in [0, 0.05) is 18.4 Å². The molecule has 0 aliphatic carbocycles. The first kappa shape index (κ1) is 18.9. The molecule has 27 heavy (non-hydrogen) atoms. The molecule has 3 rings (SSSR count). The Bertz CT molecular complexity index is 806. The van der Waals surface area contributed by atoms with E-state index in [0.717, 1.165) is 36.3 Å². The van der Waals surface area contributed by atoms with Gasteiger partial charge in [0.25, 0.3) is 0 Å². The standard InChI is InChI=1S/C21H24N2O4/c24-20(22-26)13-3-1-2-4-14-21(25)23-15-16-9-5-7-11-18(16)27-19-12-8-6-10-17(19)23/h5-12,26H,1-4,13-15H2,(H,22,24). The number of benzene rings is 2. The number of hydrogen-bond acceptors (Lipinski definition) is 4. The summed E-state index contributed by atoms with van der Waals surface area (Å²) in [5.74, 6) is 1.16. The molecular formula is C21H24N2O4. The minimum atomic E-state index is -0.370. The van der Waals surface area contributed by atoms with Crippen molar-refractivity contribution < 1.29 is 19.5 Å². The molecule has 0 radical (unpaired) electrons. The third kappa shape index (κ3) is 4.86. The van der Waals surface area contributed by atoms with E-state index in [1.807, 2.05) is 48.5 Å². The van der Waals surface area contributed by atoms with Crippen molar-refractivity contribution in [1.29, 1.82) is 0 Å². The van der Waals surface area contributed by atoms with Gasteiger partial charge < -0.3 is 9.64 Å². The maximum Gasteiger partial charge on any atom is 0.243 e. The molecule has 0 fully saturated rings. The quantitative estimate of drug-likeness (QED) is 0.437. The second-order valence-corrected chi connectivity index (χ2v) is 6.61. The predicted octanol–water partition coefficient (Wildman–Crippen LogP) is 4.17. The zero-order chi connectivity index (χ0) is 19.1. The smallest absolute Gasteiger partial charge is 0.243 e. The topological polar surface area (TPSA) is 78.9 Å². The number of para-hydroxylation sites is 3. The maximum atomic E-state index is 12.9. The summed E-state index contributed by atoms with van der Waals surface area (Å²) in [6.07, 6.45) is 3.94. The van der Waals surface area contributed by atoms with E-state index in [4.69, 9.17) is 9.94 Å². The molecule has 1 aliphatic rings. The lowest BCUT2D eigenvalue weighted by molar-refractivity contribution is -0.129. The number of fused-ring (bicyclic) bond motifs is 2. The largest absolute Gasteiger partial charge is 0.455 e. The van der Waals surface area contributed by atoms with Crippen molar-refractivity contribution in [2.45, 2.75) is 45.1 Å². The summed E-state index contributed by atoms with van der Waals surface area (Å²) in [5.41, 5.74) is 3.40. The van der Waals surface area contributed by atoms with Gasteiger partial charge in [-0.1, -0.05) is 43.2 Å². The number of unbranched alkanes of at least 4 members (excludes halogenated alkanes) is 3. The molecular weight excluding hydrogens is 344 g/mol. The highest BCUT2D eigenvalue weighted by Crippen LogP contribution is 2.38. The van der Waals surface area contributed by atoms with Crippen LogP contribution in [0.4, 0.5) is 5.69 Å². The van der Waals surface area contributed by atoms with E-state index in [-0.39, 0.29) is 11.8 Å². The van der Waals surface area contributed by atoms with Gasteiger partial charge in [-0.3, -0.25) is 14.8 Å². The van der Waals surface area contributed by atoms with Crippen LogP contribution in [0.5, 0.6) is 11.5 Å². The zero-order valence-corrected chi connectivity index (χ0v) is 15.2. The molecule has 0 saturated heterocycles. The van der Waals surface area contributed by atoms with Gasteiger partial charge in [0.15, 0.2) is 5.75 Å². The first-order valence-electron chi connectivity index (χ1n) is 9.27. The fourth-order valence-corrected chi connectivity index (χ4v) is 3.20. The van der Waals surface area contributed by atoms with Crippen LogP contribution in [0.2, 0.25) is 0 Å². The monoisotopic (exact) mass is 368 g/mol. The average Bonchev–Trinajstić information content (AvgIpc) is 2.86. The van der Waals surface area contributed by atoms with Gasteiger partial charge in [0.05, 0.1) is 12.2 Å². The first-order valence-corrected chi connectivity index (χ1v) is 9.27. The third-order valence-electron chi connectivity index (χ3n) is 4.65. The van der Waals surface area contributed by atoms with E-state index >= 15 is 0 Å². The van der Waals surface area contributed by atoms with E-state index in [2.05, 4.69) is 0 Å². The van der Waals surface area contributed by atoms with Gasteiger partial charge in [0.2, 0.25) is 11.8 Å². The Morgan fingerprint density at radius 3 is 2.37 bits per heavy atom. The van der Waals surface area contributed by atoms with Crippen LogP contribution in [0.15, 0.2) is 48.5 Å². The number of ether oxygens (including phenoxy) is 1. The Hall–Kier alpha value is -2.86. The molecule has 6 nitrogen and oxygen atoms in total. The molecule has 0 spiro atoms. The second-order valence-electron chi connectivity index (χ2n) is 6.61. The van der Waals surface area contributed by atoms with Crippen molar-refractivity contribution in [2.75, 3.05) is 4.90 Å². The molecule has 2 amide bonds. The van der Waals surface area contributed by atoms with Crippen molar-refractivity contribution >= 4 is 17.5 Å². The number of nitrogens with zero attached hydrogens (tertiary/aromatic N) is 1. The van der Waals surface area contributed by atoms with E-state index in [0.29, 0.717) is 31.6 Å². The number of nitrogens with one attached hydrogen (secondary N) is 1. The number of hydrogen-bond donors (Lipinski definition) is 2. The van der Waals surface area contributed by atoms with Gasteiger partial charge in [-0.2, -0.15) is 0 Å². The van der Waals surface area contributed by atoms with Gasteiger partial charge in [0.1, 0.15) is 5.75 Å². The number of rotatable bonds is 7. The third-order valence-corrected chi connectivity index (χ3v) is 4.65. The minimum absolute atomic E-state index is 0.0656. The van der Waals surface area contributed by atoms with E-state index in [1.165, 1.54) is 0 Å². The molecule has 0 saturated carbocycles. The Morgan fingerprint density at radius 1 is 0.926 bits per heavy atom. The first-order chi connectivity index (χ1) is 13.2. The Morgan fingerprint density at radius 2 is 1.59 bits per heavy atom. The molecule has 2 aromatic carbocycles. The number of carbonyl (C=O) groups is 2. The summed E-state index contributed by atoms with van der Waals surface area (Å²) in [6, 6.07) is 15.4. The second kappa shape index (κ2) is 9.19. The van der Waals surface area contributed by atoms with Crippen molar-refractivity contribution in [2.24, 2.45) is 0 Å². The molecule has 6 heteroatoms. The average molecular weight is 368 g/mol. The van der Waals surface area contributed by atoms with Gasteiger partial charge in [-0.15, -0.1) is 0 Å². The molecule has 2 aromatic rings. The van der Waals surface area contributed by atoms with Crippen molar-refractivity contribution in [3.63, 3.8) is 0 Å². The molecule has 2 N–H and O–H groups in total. The molecule has 0 aromatic heterocycles. The molecule has 1 heterocycles. The fraction of sp³-hybridized carbons (Fsp3) is 0.333. The molecule has 0 atom stereocenters. The Balaban J connectivity index is 1.61. The summed E-state index contributed by atoms with van der Waals surface area (Å²) in [6.45, 7) is 0.489. The van der Waals surface area contributed by atoms with Crippen LogP contribution in [-0.2, 0) is 16.1 Å². The van der Waals surface area contributed by atoms with Crippen LogP contribution in [0.25, 0.3) is 0 Å². The molecule has 0 bridgehead atoms.